The lowest BCUT2D eigenvalue weighted by molar-refractivity contribution is -0.241. The van der Waals surface area contributed by atoms with Crippen molar-refractivity contribution in [3.8, 4) is 0 Å². The first-order valence-corrected chi connectivity index (χ1v) is 4.83. The van der Waals surface area contributed by atoms with Crippen molar-refractivity contribution in [3.05, 3.63) is 0 Å². The van der Waals surface area contributed by atoms with E-state index in [4.69, 9.17) is 5.11 Å². The fourth-order valence-corrected chi connectivity index (χ4v) is 2.83. The summed E-state index contributed by atoms with van der Waals surface area (Å²) in [6.45, 7) is 0. The molecule has 0 aromatic heterocycles. The molecule has 0 aliphatic carbocycles. The molecule has 0 saturated carbocycles. The van der Waals surface area contributed by atoms with Crippen molar-refractivity contribution >= 4 is 5.97 Å². The Bertz CT molecular complexity index is 266. The summed E-state index contributed by atoms with van der Waals surface area (Å²) in [6.07, 6.45) is 1.73. The van der Waals surface area contributed by atoms with Gasteiger partial charge in [-0.05, 0) is 19.9 Å². The van der Waals surface area contributed by atoms with E-state index in [1.54, 1.807) is 0 Å². The third-order valence-electron chi connectivity index (χ3n) is 3.58. The molecule has 2 aliphatic rings. The van der Waals surface area contributed by atoms with Crippen LogP contribution in [-0.2, 0) is 4.79 Å². The van der Waals surface area contributed by atoms with Gasteiger partial charge in [0, 0.05) is 18.5 Å². The van der Waals surface area contributed by atoms with Gasteiger partial charge in [0.1, 0.15) is 5.92 Å². The highest BCUT2D eigenvalue weighted by Gasteiger charge is 2.55. The van der Waals surface area contributed by atoms with Gasteiger partial charge in [-0.3, -0.25) is 9.69 Å². The smallest absolute Gasteiger partial charge is 0.313 e. The summed E-state index contributed by atoms with van der Waals surface area (Å²) >= 11 is 0. The Labute approximate surface area is 82.0 Å². The Balaban J connectivity index is 2.31. The van der Waals surface area contributed by atoms with Crippen molar-refractivity contribution in [2.24, 2.45) is 5.92 Å². The number of fused-ring (bicyclic) bond motifs is 2. The maximum absolute atomic E-state index is 11.0. The van der Waals surface area contributed by atoms with Crippen molar-refractivity contribution in [1.29, 1.82) is 0 Å². The predicted octanol–water partition coefficient (Wildman–Crippen LogP) is -0.765. The monoisotopic (exact) mass is 201 g/mol. The van der Waals surface area contributed by atoms with Gasteiger partial charge < -0.3 is 15.3 Å². The zero-order valence-electron chi connectivity index (χ0n) is 8.05. The molecule has 2 bridgehead atoms. The van der Waals surface area contributed by atoms with E-state index in [0.29, 0.717) is 0 Å². The molecule has 2 heterocycles. The summed E-state index contributed by atoms with van der Waals surface area (Å²) in [4.78, 5) is 12.9. The maximum Gasteiger partial charge on any atom is 0.313 e. The van der Waals surface area contributed by atoms with E-state index in [1.165, 1.54) is 0 Å². The largest absolute Gasteiger partial charge is 0.481 e. The molecule has 2 aliphatic heterocycles. The number of rotatable bonds is 1. The molecule has 80 valence electrons. The third kappa shape index (κ3) is 1.24. The van der Waals surface area contributed by atoms with E-state index in [-0.39, 0.29) is 18.5 Å². The quantitative estimate of drug-likeness (QED) is 0.486. The summed E-state index contributed by atoms with van der Waals surface area (Å²) in [7, 11) is 1.85. The van der Waals surface area contributed by atoms with E-state index in [0.717, 1.165) is 12.8 Å². The SMILES string of the molecule is CN1C2CCC1C(C(=O)O)C(O)(O)C2. The molecule has 0 aromatic carbocycles. The van der Waals surface area contributed by atoms with Gasteiger partial charge in [-0.1, -0.05) is 0 Å². The van der Waals surface area contributed by atoms with Crippen LogP contribution in [0, 0.1) is 5.92 Å². The van der Waals surface area contributed by atoms with Crippen molar-refractivity contribution in [1.82, 2.24) is 4.90 Å². The number of carbonyl (C=O) groups is 1. The molecule has 0 spiro atoms. The Kier molecular flexibility index (Phi) is 2.06. The van der Waals surface area contributed by atoms with E-state index in [2.05, 4.69) is 0 Å². The second kappa shape index (κ2) is 2.92. The highest BCUT2D eigenvalue weighted by molar-refractivity contribution is 5.72. The van der Waals surface area contributed by atoms with Crippen LogP contribution in [0.4, 0.5) is 0 Å². The number of nitrogens with zero attached hydrogens (tertiary/aromatic N) is 1. The Morgan fingerprint density at radius 1 is 1.43 bits per heavy atom. The molecule has 3 N–H and O–H groups in total. The first kappa shape index (κ1) is 9.89. The number of carboxylic acid groups (broad SMARTS) is 1. The lowest BCUT2D eigenvalue weighted by atomic mass is 9.85. The molecule has 5 nitrogen and oxygen atoms in total. The molecule has 2 rings (SSSR count). The number of hydrogen-bond acceptors (Lipinski definition) is 4. The highest BCUT2D eigenvalue weighted by atomic mass is 16.5. The second-order valence-electron chi connectivity index (χ2n) is 4.36. The van der Waals surface area contributed by atoms with Crippen molar-refractivity contribution in [2.75, 3.05) is 7.05 Å². The molecule has 0 aromatic rings. The number of aliphatic hydroxyl groups is 2. The minimum atomic E-state index is -2.04. The van der Waals surface area contributed by atoms with Gasteiger partial charge >= 0.3 is 5.97 Å². The van der Waals surface area contributed by atoms with E-state index in [9.17, 15) is 15.0 Å². The molecule has 0 amide bonds. The number of piperidine rings is 1. The van der Waals surface area contributed by atoms with Crippen LogP contribution in [0.15, 0.2) is 0 Å². The molecule has 0 radical (unpaired) electrons. The molecule has 2 fully saturated rings. The van der Waals surface area contributed by atoms with Gasteiger partial charge in [0.25, 0.3) is 0 Å². The fraction of sp³-hybridized carbons (Fsp3) is 0.889. The molecule has 5 heteroatoms. The van der Waals surface area contributed by atoms with Crippen LogP contribution < -0.4 is 0 Å². The van der Waals surface area contributed by atoms with Crippen molar-refractivity contribution < 1.29 is 20.1 Å². The summed E-state index contributed by atoms with van der Waals surface area (Å²) in [5.74, 6) is -4.23. The number of hydrogen-bond donors (Lipinski definition) is 3. The first-order chi connectivity index (χ1) is 6.43. The van der Waals surface area contributed by atoms with Crippen LogP contribution in [0.3, 0.4) is 0 Å². The lowest BCUT2D eigenvalue weighted by Gasteiger charge is -2.43. The topological polar surface area (TPSA) is 81.0 Å². The van der Waals surface area contributed by atoms with Crippen LogP contribution in [0.1, 0.15) is 19.3 Å². The van der Waals surface area contributed by atoms with Gasteiger partial charge in [0.15, 0.2) is 5.79 Å². The van der Waals surface area contributed by atoms with Crippen molar-refractivity contribution in [3.63, 3.8) is 0 Å². The fourth-order valence-electron chi connectivity index (χ4n) is 2.83. The molecule has 14 heavy (non-hydrogen) atoms. The van der Waals surface area contributed by atoms with E-state index in [1.807, 2.05) is 11.9 Å². The zero-order valence-corrected chi connectivity index (χ0v) is 8.05. The average molecular weight is 201 g/mol. The predicted molar refractivity (Wildman–Crippen MR) is 47.5 cm³/mol. The normalized spacial score (nSPS) is 41.2. The van der Waals surface area contributed by atoms with Crippen LogP contribution in [-0.4, -0.2) is 51.1 Å². The minimum Gasteiger partial charge on any atom is -0.481 e. The Hall–Kier alpha value is -0.650. The van der Waals surface area contributed by atoms with Gasteiger partial charge in [-0.25, -0.2) is 0 Å². The Morgan fingerprint density at radius 2 is 2.07 bits per heavy atom. The van der Waals surface area contributed by atoms with Gasteiger partial charge in [-0.2, -0.15) is 0 Å². The van der Waals surface area contributed by atoms with Crippen LogP contribution in [0.5, 0.6) is 0 Å². The summed E-state index contributed by atoms with van der Waals surface area (Å²) < 4.78 is 0. The third-order valence-corrected chi connectivity index (χ3v) is 3.58. The second-order valence-corrected chi connectivity index (χ2v) is 4.36. The summed E-state index contributed by atoms with van der Waals surface area (Å²) in [5, 5.41) is 28.3. The molecule has 2 saturated heterocycles. The van der Waals surface area contributed by atoms with Crippen LogP contribution >= 0.6 is 0 Å². The Morgan fingerprint density at radius 3 is 2.64 bits per heavy atom. The van der Waals surface area contributed by atoms with Crippen LogP contribution in [0.25, 0.3) is 0 Å². The van der Waals surface area contributed by atoms with Gasteiger partial charge in [-0.15, -0.1) is 0 Å². The highest BCUT2D eigenvalue weighted by Crippen LogP contribution is 2.42. The first-order valence-electron chi connectivity index (χ1n) is 4.83. The molecule has 3 atom stereocenters. The zero-order chi connectivity index (χ0) is 10.5. The van der Waals surface area contributed by atoms with E-state index < -0.39 is 17.7 Å². The number of aliphatic carboxylic acids is 1. The van der Waals surface area contributed by atoms with E-state index >= 15 is 0 Å². The average Bonchev–Trinajstić information content (AvgIpc) is 2.33. The standard InChI is InChI=1S/C9H15NO4/c1-10-5-2-3-6(10)7(8(11)12)9(13,14)4-5/h5-7,13-14H,2-4H2,1H3,(H,11,12). The number of carboxylic acids is 1. The molecular formula is C9H15NO4. The summed E-state index contributed by atoms with van der Waals surface area (Å²) in [5.41, 5.74) is 0. The van der Waals surface area contributed by atoms with Crippen molar-refractivity contribution in [2.45, 2.75) is 37.1 Å². The van der Waals surface area contributed by atoms with Gasteiger partial charge in [0.2, 0.25) is 0 Å². The van der Waals surface area contributed by atoms with Crippen LogP contribution in [0.2, 0.25) is 0 Å². The lowest BCUT2D eigenvalue weighted by Crippen LogP contribution is -2.59. The van der Waals surface area contributed by atoms with Gasteiger partial charge in [0.05, 0.1) is 0 Å². The maximum atomic E-state index is 11.0. The summed E-state index contributed by atoms with van der Waals surface area (Å²) in [6, 6.07) is -0.119. The minimum absolute atomic E-state index is 0.116. The molecule has 3 unspecified atom stereocenters. The molecular weight excluding hydrogens is 186 g/mol.